The highest BCUT2D eigenvalue weighted by molar-refractivity contribution is 9.10. The summed E-state index contributed by atoms with van der Waals surface area (Å²) in [7, 11) is 0. The Kier molecular flexibility index (Phi) is 6.32. The number of nitrogens with two attached hydrogens (primary N) is 1. The van der Waals surface area contributed by atoms with E-state index in [0.29, 0.717) is 28.0 Å². The summed E-state index contributed by atoms with van der Waals surface area (Å²) in [5.74, 6) is 0.732. The highest BCUT2D eigenvalue weighted by atomic mass is 79.9. The van der Waals surface area contributed by atoms with Gasteiger partial charge in [-0.15, -0.1) is 0 Å². The fraction of sp³-hybridized carbons (Fsp3) is 0.125. The SMILES string of the molecule is CC(C)Oc1cccc(-n2c(NN(C(N)=O)c3ccc(Br)cc3)nc3ccccc3c2=O)c1. The quantitative estimate of drug-likeness (QED) is 0.363. The Bertz CT molecular complexity index is 1370. The minimum absolute atomic E-state index is 0.0351. The van der Waals surface area contributed by atoms with Crippen LogP contribution in [0.5, 0.6) is 5.75 Å². The van der Waals surface area contributed by atoms with Crippen LogP contribution >= 0.6 is 15.9 Å². The second kappa shape index (κ2) is 9.33. The van der Waals surface area contributed by atoms with Crippen LogP contribution in [0, 0.1) is 0 Å². The fourth-order valence-electron chi connectivity index (χ4n) is 3.35. The Balaban J connectivity index is 1.89. The number of para-hydroxylation sites is 1. The molecule has 0 atom stereocenters. The number of aromatic nitrogens is 2. The number of nitrogens with one attached hydrogen (secondary N) is 1. The van der Waals surface area contributed by atoms with Crippen LogP contribution in [0.3, 0.4) is 0 Å². The molecule has 9 heteroatoms. The first kappa shape index (κ1) is 22.3. The number of ether oxygens (including phenoxy) is 1. The van der Waals surface area contributed by atoms with Gasteiger partial charge in [-0.25, -0.2) is 19.4 Å². The van der Waals surface area contributed by atoms with Gasteiger partial charge in [-0.3, -0.25) is 10.2 Å². The third-order valence-corrected chi connectivity index (χ3v) is 5.27. The van der Waals surface area contributed by atoms with Crippen LogP contribution in [0.15, 0.2) is 82.1 Å². The van der Waals surface area contributed by atoms with Crippen molar-refractivity contribution >= 4 is 44.5 Å². The summed E-state index contributed by atoms with van der Waals surface area (Å²) in [5.41, 5.74) is 9.77. The van der Waals surface area contributed by atoms with Gasteiger partial charge in [-0.2, -0.15) is 0 Å². The van der Waals surface area contributed by atoms with Gasteiger partial charge in [0.25, 0.3) is 5.56 Å². The van der Waals surface area contributed by atoms with Crippen molar-refractivity contribution in [2.24, 2.45) is 5.73 Å². The van der Waals surface area contributed by atoms with Crippen molar-refractivity contribution in [3.8, 4) is 11.4 Å². The summed E-state index contributed by atoms with van der Waals surface area (Å²) < 4.78 is 8.04. The number of benzene rings is 3. The molecule has 0 fully saturated rings. The van der Waals surface area contributed by atoms with Crippen molar-refractivity contribution in [2.45, 2.75) is 20.0 Å². The van der Waals surface area contributed by atoms with Crippen molar-refractivity contribution in [1.29, 1.82) is 0 Å². The summed E-state index contributed by atoms with van der Waals surface area (Å²) >= 11 is 3.38. The lowest BCUT2D eigenvalue weighted by molar-refractivity contribution is 0.242. The first-order chi connectivity index (χ1) is 15.8. The molecule has 0 aliphatic carbocycles. The highest BCUT2D eigenvalue weighted by Gasteiger charge is 2.19. The molecule has 0 aliphatic heterocycles. The van der Waals surface area contributed by atoms with Crippen molar-refractivity contribution in [2.75, 3.05) is 10.4 Å². The highest BCUT2D eigenvalue weighted by Crippen LogP contribution is 2.23. The number of anilines is 2. The average Bonchev–Trinajstić information content (AvgIpc) is 2.78. The van der Waals surface area contributed by atoms with Gasteiger partial charge >= 0.3 is 6.03 Å². The van der Waals surface area contributed by atoms with Gasteiger partial charge in [0.15, 0.2) is 0 Å². The van der Waals surface area contributed by atoms with E-state index in [9.17, 15) is 9.59 Å². The molecule has 0 saturated carbocycles. The molecule has 1 heterocycles. The van der Waals surface area contributed by atoms with Gasteiger partial charge in [-0.1, -0.05) is 34.1 Å². The van der Waals surface area contributed by atoms with E-state index >= 15 is 0 Å². The molecule has 0 aliphatic rings. The number of carbonyl (C=O) groups excluding carboxylic acids is 1. The van der Waals surface area contributed by atoms with Crippen LogP contribution in [0.2, 0.25) is 0 Å². The molecule has 0 saturated heterocycles. The topological polar surface area (TPSA) is 102 Å². The van der Waals surface area contributed by atoms with Crippen LogP contribution in [-0.4, -0.2) is 21.7 Å². The predicted molar refractivity (Wildman–Crippen MR) is 133 cm³/mol. The van der Waals surface area contributed by atoms with E-state index in [1.54, 1.807) is 66.7 Å². The number of primary amides is 1. The number of rotatable bonds is 6. The molecule has 0 radical (unpaired) electrons. The Labute approximate surface area is 198 Å². The molecule has 0 unspecified atom stereocenters. The van der Waals surface area contributed by atoms with Crippen LogP contribution in [0.4, 0.5) is 16.4 Å². The summed E-state index contributed by atoms with van der Waals surface area (Å²) in [6.45, 7) is 3.85. The van der Waals surface area contributed by atoms with Crippen molar-refractivity contribution in [1.82, 2.24) is 9.55 Å². The molecule has 2 amide bonds. The van der Waals surface area contributed by atoms with E-state index in [2.05, 4.69) is 26.3 Å². The van der Waals surface area contributed by atoms with Crippen LogP contribution in [0.1, 0.15) is 13.8 Å². The van der Waals surface area contributed by atoms with E-state index in [4.69, 9.17) is 10.5 Å². The minimum atomic E-state index is -0.761. The van der Waals surface area contributed by atoms with Crippen LogP contribution < -0.4 is 26.5 Å². The number of nitrogens with zero attached hydrogens (tertiary/aromatic N) is 3. The maximum absolute atomic E-state index is 13.5. The number of carbonyl (C=O) groups is 1. The second-order valence-electron chi connectivity index (χ2n) is 7.52. The number of urea groups is 1. The maximum atomic E-state index is 13.5. The Morgan fingerprint density at radius 3 is 2.52 bits per heavy atom. The summed E-state index contributed by atoms with van der Waals surface area (Å²) in [6.07, 6.45) is -0.0351. The average molecular weight is 508 g/mol. The largest absolute Gasteiger partial charge is 0.491 e. The molecule has 3 N–H and O–H groups in total. The molecule has 4 aromatic rings. The zero-order valence-electron chi connectivity index (χ0n) is 18.0. The van der Waals surface area contributed by atoms with Crippen molar-refractivity contribution in [3.05, 3.63) is 87.6 Å². The molecule has 0 spiro atoms. The maximum Gasteiger partial charge on any atom is 0.338 e. The molecular weight excluding hydrogens is 486 g/mol. The lowest BCUT2D eigenvalue weighted by atomic mass is 10.2. The predicted octanol–water partition coefficient (Wildman–Crippen LogP) is 4.85. The third-order valence-electron chi connectivity index (χ3n) is 4.74. The molecular formula is C24H22BrN5O3. The van der Waals surface area contributed by atoms with Gasteiger partial charge in [0.1, 0.15) is 5.75 Å². The van der Waals surface area contributed by atoms with Crippen LogP contribution in [0.25, 0.3) is 16.6 Å². The Hall–Kier alpha value is -3.85. The molecule has 168 valence electrons. The molecule has 1 aromatic heterocycles. The van der Waals surface area contributed by atoms with Crippen LogP contribution in [-0.2, 0) is 0 Å². The monoisotopic (exact) mass is 507 g/mol. The number of fused-ring (bicyclic) bond motifs is 1. The second-order valence-corrected chi connectivity index (χ2v) is 8.43. The van der Waals surface area contributed by atoms with Gasteiger partial charge < -0.3 is 10.5 Å². The first-order valence-corrected chi connectivity index (χ1v) is 11.0. The van der Waals surface area contributed by atoms with Gasteiger partial charge in [0.05, 0.1) is 28.4 Å². The molecule has 0 bridgehead atoms. The van der Waals surface area contributed by atoms with Crippen molar-refractivity contribution in [3.63, 3.8) is 0 Å². The first-order valence-electron chi connectivity index (χ1n) is 10.2. The van der Waals surface area contributed by atoms with Gasteiger partial charge in [0.2, 0.25) is 5.95 Å². The van der Waals surface area contributed by atoms with Gasteiger partial charge in [-0.05, 0) is 62.4 Å². The number of hydrogen-bond acceptors (Lipinski definition) is 5. The molecule has 3 aromatic carbocycles. The lowest BCUT2D eigenvalue weighted by Gasteiger charge is -2.24. The van der Waals surface area contributed by atoms with Crippen molar-refractivity contribution < 1.29 is 9.53 Å². The standard InChI is InChI=1S/C24H22BrN5O3/c1-15(2)33-19-7-5-6-18(14-19)29-22(31)20-8-3-4-9-21(20)27-24(29)28-30(23(26)32)17-12-10-16(25)11-13-17/h3-15H,1-2H3,(H2,26,32)(H,27,28). The smallest absolute Gasteiger partial charge is 0.338 e. The van der Waals surface area contributed by atoms with Gasteiger partial charge in [0, 0.05) is 10.5 Å². The summed E-state index contributed by atoms with van der Waals surface area (Å²) in [5, 5.41) is 1.57. The van der Waals surface area contributed by atoms with E-state index < -0.39 is 6.03 Å². The lowest BCUT2D eigenvalue weighted by Crippen LogP contribution is -2.42. The Morgan fingerprint density at radius 2 is 1.82 bits per heavy atom. The summed E-state index contributed by atoms with van der Waals surface area (Å²) in [4.78, 5) is 30.4. The van der Waals surface area contributed by atoms with E-state index in [1.165, 1.54) is 4.57 Å². The zero-order chi connectivity index (χ0) is 23.5. The normalized spacial score (nSPS) is 10.9. The third kappa shape index (κ3) is 4.83. The number of hydrogen-bond donors (Lipinski definition) is 2. The zero-order valence-corrected chi connectivity index (χ0v) is 19.6. The Morgan fingerprint density at radius 1 is 1.09 bits per heavy atom. The van der Waals surface area contributed by atoms with E-state index in [-0.39, 0.29) is 17.6 Å². The summed E-state index contributed by atoms with van der Waals surface area (Å²) in [6, 6.07) is 20.3. The minimum Gasteiger partial charge on any atom is -0.491 e. The number of amides is 2. The van der Waals surface area contributed by atoms with E-state index in [1.807, 2.05) is 19.9 Å². The fourth-order valence-corrected chi connectivity index (χ4v) is 3.62. The molecule has 8 nitrogen and oxygen atoms in total. The number of halogens is 1. The number of hydrazine groups is 1. The van der Waals surface area contributed by atoms with E-state index in [0.717, 1.165) is 9.48 Å². The molecule has 33 heavy (non-hydrogen) atoms. The molecule has 4 rings (SSSR count).